The molecule has 0 bridgehead atoms. The van der Waals surface area contributed by atoms with Crippen LogP contribution in [0.1, 0.15) is 37.7 Å². The molecule has 0 saturated heterocycles. The van der Waals surface area contributed by atoms with Gasteiger partial charge in [0.2, 0.25) is 0 Å². The lowest BCUT2D eigenvalue weighted by molar-refractivity contribution is 0.293. The van der Waals surface area contributed by atoms with Gasteiger partial charge in [-0.15, -0.1) is 12.4 Å². The van der Waals surface area contributed by atoms with Crippen LogP contribution in [0.3, 0.4) is 0 Å². The van der Waals surface area contributed by atoms with Crippen LogP contribution in [0.5, 0.6) is 0 Å². The molecule has 0 atom stereocenters. The van der Waals surface area contributed by atoms with Crippen molar-refractivity contribution in [3.63, 3.8) is 0 Å². The SMILES string of the molecule is Cl.NC1(c2ccccc2F)CCCCC1. The standard InChI is InChI=1S/C12H16FN.ClH/c13-11-7-3-2-6-10(11)12(14)8-4-1-5-9-12;/h2-3,6-7H,1,4-5,8-9,14H2;1H. The lowest BCUT2D eigenvalue weighted by atomic mass is 9.77. The van der Waals surface area contributed by atoms with E-state index in [0.29, 0.717) is 5.56 Å². The second-order valence-electron chi connectivity index (χ2n) is 4.20. The smallest absolute Gasteiger partial charge is 0.128 e. The first-order chi connectivity index (χ1) is 6.72. The van der Waals surface area contributed by atoms with Gasteiger partial charge in [-0.25, -0.2) is 4.39 Å². The molecule has 1 aromatic carbocycles. The van der Waals surface area contributed by atoms with E-state index in [1.165, 1.54) is 12.5 Å². The largest absolute Gasteiger partial charge is 0.321 e. The second kappa shape index (κ2) is 4.95. The lowest BCUT2D eigenvalue weighted by Gasteiger charge is -2.34. The molecule has 0 aromatic heterocycles. The summed E-state index contributed by atoms with van der Waals surface area (Å²) in [5.74, 6) is -0.156. The van der Waals surface area contributed by atoms with E-state index >= 15 is 0 Å². The van der Waals surface area contributed by atoms with Gasteiger partial charge in [0.25, 0.3) is 0 Å². The van der Waals surface area contributed by atoms with E-state index in [0.717, 1.165) is 25.7 Å². The van der Waals surface area contributed by atoms with Crippen molar-refractivity contribution in [2.75, 3.05) is 0 Å². The van der Waals surface area contributed by atoms with Crippen molar-refractivity contribution >= 4 is 12.4 Å². The van der Waals surface area contributed by atoms with Gasteiger partial charge in [-0.05, 0) is 18.9 Å². The predicted molar refractivity (Wildman–Crippen MR) is 62.6 cm³/mol. The minimum atomic E-state index is -0.413. The van der Waals surface area contributed by atoms with E-state index in [4.69, 9.17) is 5.73 Å². The number of hydrogen-bond donors (Lipinski definition) is 1. The van der Waals surface area contributed by atoms with Gasteiger partial charge in [-0.2, -0.15) is 0 Å². The second-order valence-corrected chi connectivity index (χ2v) is 4.20. The van der Waals surface area contributed by atoms with Crippen molar-refractivity contribution in [2.24, 2.45) is 5.73 Å². The van der Waals surface area contributed by atoms with Crippen LogP contribution in [0.2, 0.25) is 0 Å². The van der Waals surface area contributed by atoms with E-state index in [1.54, 1.807) is 6.07 Å². The molecule has 1 aromatic rings. The van der Waals surface area contributed by atoms with Crippen LogP contribution in [-0.4, -0.2) is 0 Å². The highest BCUT2D eigenvalue weighted by Gasteiger charge is 2.31. The zero-order valence-electron chi connectivity index (χ0n) is 8.71. The van der Waals surface area contributed by atoms with E-state index in [-0.39, 0.29) is 18.2 Å². The summed E-state index contributed by atoms with van der Waals surface area (Å²) in [6, 6.07) is 6.89. The first-order valence-corrected chi connectivity index (χ1v) is 5.26. The summed E-state index contributed by atoms with van der Waals surface area (Å²) >= 11 is 0. The van der Waals surface area contributed by atoms with Crippen LogP contribution in [-0.2, 0) is 5.54 Å². The molecular formula is C12H17ClFN. The number of nitrogens with two attached hydrogens (primary N) is 1. The number of benzene rings is 1. The monoisotopic (exact) mass is 229 g/mol. The van der Waals surface area contributed by atoms with Crippen LogP contribution < -0.4 is 5.73 Å². The highest BCUT2D eigenvalue weighted by molar-refractivity contribution is 5.85. The molecule has 0 aliphatic heterocycles. The van der Waals surface area contributed by atoms with E-state index < -0.39 is 5.54 Å². The fraction of sp³-hybridized carbons (Fsp3) is 0.500. The van der Waals surface area contributed by atoms with Crippen LogP contribution in [0, 0.1) is 5.82 Å². The topological polar surface area (TPSA) is 26.0 Å². The van der Waals surface area contributed by atoms with Crippen molar-refractivity contribution in [1.29, 1.82) is 0 Å². The third-order valence-electron chi connectivity index (χ3n) is 3.16. The summed E-state index contributed by atoms with van der Waals surface area (Å²) in [6.45, 7) is 0. The van der Waals surface area contributed by atoms with Crippen LogP contribution in [0.25, 0.3) is 0 Å². The van der Waals surface area contributed by atoms with E-state index in [9.17, 15) is 4.39 Å². The molecule has 1 fully saturated rings. The Labute approximate surface area is 96.3 Å². The third-order valence-corrected chi connectivity index (χ3v) is 3.16. The minimum absolute atomic E-state index is 0. The summed E-state index contributed by atoms with van der Waals surface area (Å²) < 4.78 is 13.5. The molecule has 1 aliphatic rings. The zero-order valence-corrected chi connectivity index (χ0v) is 9.52. The van der Waals surface area contributed by atoms with Gasteiger partial charge in [-0.1, -0.05) is 37.5 Å². The Morgan fingerprint density at radius 2 is 1.67 bits per heavy atom. The molecule has 0 spiro atoms. The molecule has 1 nitrogen and oxygen atoms in total. The molecule has 3 heteroatoms. The molecule has 0 amide bonds. The fourth-order valence-corrected chi connectivity index (χ4v) is 2.32. The normalized spacial score (nSPS) is 19.3. The van der Waals surface area contributed by atoms with Crippen LogP contribution in [0.15, 0.2) is 24.3 Å². The van der Waals surface area contributed by atoms with Crippen molar-refractivity contribution in [1.82, 2.24) is 0 Å². The Hall–Kier alpha value is -0.600. The molecular weight excluding hydrogens is 213 g/mol. The first kappa shape index (κ1) is 12.5. The highest BCUT2D eigenvalue weighted by atomic mass is 35.5. The number of rotatable bonds is 1. The van der Waals surface area contributed by atoms with E-state index in [2.05, 4.69) is 0 Å². The average Bonchev–Trinajstić information content (AvgIpc) is 2.19. The zero-order chi connectivity index (χ0) is 10.0. The maximum Gasteiger partial charge on any atom is 0.128 e. The quantitative estimate of drug-likeness (QED) is 0.785. The Morgan fingerprint density at radius 1 is 1.07 bits per heavy atom. The van der Waals surface area contributed by atoms with Crippen molar-refractivity contribution < 1.29 is 4.39 Å². The summed E-state index contributed by atoms with van der Waals surface area (Å²) in [5, 5.41) is 0. The summed E-state index contributed by atoms with van der Waals surface area (Å²) in [7, 11) is 0. The fourth-order valence-electron chi connectivity index (χ4n) is 2.32. The summed E-state index contributed by atoms with van der Waals surface area (Å²) in [4.78, 5) is 0. The van der Waals surface area contributed by atoms with Crippen molar-refractivity contribution in [2.45, 2.75) is 37.6 Å². The molecule has 2 N–H and O–H groups in total. The number of hydrogen-bond acceptors (Lipinski definition) is 1. The average molecular weight is 230 g/mol. The van der Waals surface area contributed by atoms with Gasteiger partial charge in [0.1, 0.15) is 5.82 Å². The molecule has 0 radical (unpaired) electrons. The van der Waals surface area contributed by atoms with Crippen molar-refractivity contribution in [3.8, 4) is 0 Å². The Bertz CT molecular complexity index is 321. The van der Waals surface area contributed by atoms with Gasteiger partial charge in [0.05, 0.1) is 0 Å². The van der Waals surface area contributed by atoms with Crippen molar-refractivity contribution in [3.05, 3.63) is 35.6 Å². The lowest BCUT2D eigenvalue weighted by Crippen LogP contribution is -2.39. The minimum Gasteiger partial charge on any atom is -0.321 e. The maximum atomic E-state index is 13.5. The van der Waals surface area contributed by atoms with Gasteiger partial charge < -0.3 is 5.73 Å². The summed E-state index contributed by atoms with van der Waals surface area (Å²) in [5.41, 5.74) is 6.52. The maximum absolute atomic E-state index is 13.5. The Balaban J connectivity index is 0.00000112. The van der Waals surface area contributed by atoms with E-state index in [1.807, 2.05) is 12.1 Å². The third kappa shape index (κ3) is 2.50. The first-order valence-electron chi connectivity index (χ1n) is 5.26. The van der Waals surface area contributed by atoms with Gasteiger partial charge in [-0.3, -0.25) is 0 Å². The molecule has 1 saturated carbocycles. The molecule has 0 unspecified atom stereocenters. The van der Waals surface area contributed by atoms with Gasteiger partial charge >= 0.3 is 0 Å². The van der Waals surface area contributed by atoms with Gasteiger partial charge in [0, 0.05) is 11.1 Å². The Morgan fingerprint density at radius 3 is 2.27 bits per heavy atom. The highest BCUT2D eigenvalue weighted by Crippen LogP contribution is 2.35. The Kier molecular flexibility index (Phi) is 4.12. The van der Waals surface area contributed by atoms with Gasteiger partial charge in [0.15, 0.2) is 0 Å². The van der Waals surface area contributed by atoms with Crippen LogP contribution in [0.4, 0.5) is 4.39 Å². The molecule has 84 valence electrons. The van der Waals surface area contributed by atoms with Crippen LogP contribution >= 0.6 is 12.4 Å². The number of halogens is 2. The molecule has 15 heavy (non-hydrogen) atoms. The predicted octanol–water partition coefficient (Wildman–Crippen LogP) is 3.37. The molecule has 0 heterocycles. The summed E-state index contributed by atoms with van der Waals surface area (Å²) in [6.07, 6.45) is 5.28. The molecule has 1 aliphatic carbocycles. The molecule has 2 rings (SSSR count).